The fourth-order valence-electron chi connectivity index (χ4n) is 1.60. The van der Waals surface area contributed by atoms with E-state index in [9.17, 15) is 4.39 Å². The lowest BCUT2D eigenvalue weighted by Gasteiger charge is -2.05. The first-order valence-electron chi connectivity index (χ1n) is 6.25. The van der Waals surface area contributed by atoms with Crippen LogP contribution in [0.2, 0.25) is 0 Å². The summed E-state index contributed by atoms with van der Waals surface area (Å²) in [6, 6.07) is 6.68. The smallest absolute Gasteiger partial charge is 0.126 e. The molecule has 0 fully saturated rings. The maximum Gasteiger partial charge on any atom is 0.126 e. The Morgan fingerprint density at radius 2 is 2.20 bits per heavy atom. The number of hydrogen-bond donors (Lipinski definition) is 1. The van der Waals surface area contributed by atoms with Crippen molar-refractivity contribution in [1.82, 2.24) is 0 Å². The molecule has 104 valence electrons. The maximum atomic E-state index is 13.1. The fraction of sp³-hybridized carbons (Fsp3) is 0.250. The van der Waals surface area contributed by atoms with Gasteiger partial charge in [0.1, 0.15) is 18.2 Å². The Labute approximate surface area is 121 Å². The van der Waals surface area contributed by atoms with Gasteiger partial charge in [-0.25, -0.2) is 4.39 Å². The Hall–Kier alpha value is -1.83. The zero-order valence-corrected chi connectivity index (χ0v) is 12.0. The molecule has 0 atom stereocenters. The predicted octanol–water partition coefficient (Wildman–Crippen LogP) is 3.51. The summed E-state index contributed by atoms with van der Waals surface area (Å²) in [7, 11) is 0. The summed E-state index contributed by atoms with van der Waals surface area (Å²) in [6.07, 6.45) is 0.483. The average Bonchev–Trinajstić information content (AvgIpc) is 2.88. The second-order valence-corrected chi connectivity index (χ2v) is 5.27. The van der Waals surface area contributed by atoms with Crippen LogP contribution in [0.3, 0.4) is 0 Å². The SMILES string of the molecule is Cc1cc(OCc2cc(C#CCCO)cs2)ccc1F. The molecule has 2 nitrogen and oxygen atoms in total. The molecule has 1 heterocycles. The van der Waals surface area contributed by atoms with Gasteiger partial charge in [0, 0.05) is 22.2 Å². The van der Waals surface area contributed by atoms with Crippen molar-refractivity contribution in [3.8, 4) is 17.6 Å². The second kappa shape index (κ2) is 7.09. The number of rotatable bonds is 4. The van der Waals surface area contributed by atoms with Crippen molar-refractivity contribution in [3.63, 3.8) is 0 Å². The van der Waals surface area contributed by atoms with Crippen molar-refractivity contribution >= 4 is 11.3 Å². The van der Waals surface area contributed by atoms with Crippen LogP contribution < -0.4 is 4.74 Å². The minimum atomic E-state index is -0.227. The zero-order chi connectivity index (χ0) is 14.4. The van der Waals surface area contributed by atoms with E-state index in [-0.39, 0.29) is 12.4 Å². The lowest BCUT2D eigenvalue weighted by atomic mass is 10.2. The number of aliphatic hydroxyl groups is 1. The van der Waals surface area contributed by atoms with Crippen molar-refractivity contribution in [2.75, 3.05) is 6.61 Å². The van der Waals surface area contributed by atoms with Gasteiger partial charge in [0.2, 0.25) is 0 Å². The van der Waals surface area contributed by atoms with E-state index in [2.05, 4.69) is 11.8 Å². The van der Waals surface area contributed by atoms with Crippen LogP contribution in [0.5, 0.6) is 5.75 Å². The standard InChI is InChI=1S/C16H15FO2S/c1-12-8-14(5-6-16(12)17)19-10-15-9-13(11-20-15)4-2-3-7-18/h5-6,8-9,11,18H,3,7,10H2,1H3. The van der Waals surface area contributed by atoms with E-state index in [1.54, 1.807) is 30.4 Å². The van der Waals surface area contributed by atoms with Crippen molar-refractivity contribution in [2.45, 2.75) is 20.0 Å². The molecule has 0 aliphatic carbocycles. The number of hydrogen-bond acceptors (Lipinski definition) is 3. The van der Waals surface area contributed by atoms with Crippen LogP contribution in [0.15, 0.2) is 29.6 Å². The van der Waals surface area contributed by atoms with E-state index >= 15 is 0 Å². The molecule has 0 spiro atoms. The first-order valence-corrected chi connectivity index (χ1v) is 7.13. The Morgan fingerprint density at radius 1 is 1.35 bits per heavy atom. The van der Waals surface area contributed by atoms with E-state index in [1.165, 1.54) is 6.07 Å². The molecule has 0 radical (unpaired) electrons. The molecule has 0 amide bonds. The van der Waals surface area contributed by atoms with Gasteiger partial charge in [0.25, 0.3) is 0 Å². The number of aliphatic hydroxyl groups excluding tert-OH is 1. The highest BCUT2D eigenvalue weighted by atomic mass is 32.1. The molecule has 1 aromatic heterocycles. The van der Waals surface area contributed by atoms with Gasteiger partial charge in [-0.3, -0.25) is 0 Å². The van der Waals surface area contributed by atoms with Gasteiger partial charge in [-0.1, -0.05) is 11.8 Å². The fourth-order valence-corrected chi connectivity index (χ4v) is 2.33. The van der Waals surface area contributed by atoms with Crippen LogP contribution in [0.1, 0.15) is 22.4 Å². The first kappa shape index (κ1) is 14.6. The summed E-state index contributed by atoms with van der Waals surface area (Å²) in [5.41, 5.74) is 1.50. The molecule has 0 aliphatic rings. The normalized spacial score (nSPS) is 9.95. The molecule has 20 heavy (non-hydrogen) atoms. The number of aryl methyl sites for hydroxylation is 1. The third-order valence-corrected chi connectivity index (χ3v) is 3.54. The molecule has 2 rings (SSSR count). The summed E-state index contributed by atoms with van der Waals surface area (Å²) in [4.78, 5) is 1.06. The number of ether oxygens (including phenoxy) is 1. The van der Waals surface area contributed by atoms with E-state index < -0.39 is 0 Å². The molecule has 1 N–H and O–H groups in total. The van der Waals surface area contributed by atoms with Gasteiger partial charge >= 0.3 is 0 Å². The van der Waals surface area contributed by atoms with Crippen molar-refractivity contribution in [3.05, 3.63) is 51.5 Å². The van der Waals surface area contributed by atoms with Crippen LogP contribution in [0.4, 0.5) is 4.39 Å². The van der Waals surface area contributed by atoms with Crippen LogP contribution in [-0.2, 0) is 6.61 Å². The molecular formula is C16H15FO2S. The third kappa shape index (κ3) is 4.09. The second-order valence-electron chi connectivity index (χ2n) is 4.28. The average molecular weight is 290 g/mol. The number of thiophene rings is 1. The Morgan fingerprint density at radius 3 is 2.95 bits per heavy atom. The van der Waals surface area contributed by atoms with Crippen LogP contribution in [-0.4, -0.2) is 11.7 Å². The van der Waals surface area contributed by atoms with Crippen LogP contribution >= 0.6 is 11.3 Å². The molecule has 0 unspecified atom stereocenters. The van der Waals surface area contributed by atoms with Gasteiger partial charge < -0.3 is 9.84 Å². The Kier molecular flexibility index (Phi) is 5.16. The molecular weight excluding hydrogens is 275 g/mol. The molecule has 0 bridgehead atoms. The summed E-state index contributed by atoms with van der Waals surface area (Å²) >= 11 is 1.57. The summed E-state index contributed by atoms with van der Waals surface area (Å²) in [5, 5.41) is 10.6. The lowest BCUT2D eigenvalue weighted by Crippen LogP contribution is -1.94. The van der Waals surface area contributed by atoms with Crippen LogP contribution in [0.25, 0.3) is 0 Å². The minimum absolute atomic E-state index is 0.0804. The molecule has 4 heteroatoms. The third-order valence-electron chi connectivity index (χ3n) is 2.63. The zero-order valence-electron chi connectivity index (χ0n) is 11.1. The van der Waals surface area contributed by atoms with Gasteiger partial charge in [0.05, 0.1) is 6.61 Å². The largest absolute Gasteiger partial charge is 0.488 e. The topological polar surface area (TPSA) is 29.5 Å². The van der Waals surface area contributed by atoms with E-state index in [1.807, 2.05) is 11.4 Å². The van der Waals surface area contributed by atoms with Gasteiger partial charge in [-0.05, 0) is 36.8 Å². The van der Waals surface area contributed by atoms with Gasteiger partial charge in [0.15, 0.2) is 0 Å². The van der Waals surface area contributed by atoms with E-state index in [4.69, 9.17) is 9.84 Å². The molecule has 1 aromatic carbocycles. The summed E-state index contributed by atoms with van der Waals surface area (Å²) in [6.45, 7) is 2.23. The predicted molar refractivity (Wildman–Crippen MR) is 78.4 cm³/mol. The van der Waals surface area contributed by atoms with E-state index in [0.717, 1.165) is 10.4 Å². The highest BCUT2D eigenvalue weighted by Crippen LogP contribution is 2.20. The number of halogens is 1. The van der Waals surface area contributed by atoms with Crippen LogP contribution in [0, 0.1) is 24.6 Å². The minimum Gasteiger partial charge on any atom is -0.488 e. The Bertz CT molecular complexity index is 637. The summed E-state index contributed by atoms with van der Waals surface area (Å²) < 4.78 is 18.7. The summed E-state index contributed by atoms with van der Waals surface area (Å²) in [5.74, 6) is 6.28. The lowest BCUT2D eigenvalue weighted by molar-refractivity contribution is 0.305. The highest BCUT2D eigenvalue weighted by molar-refractivity contribution is 7.10. The van der Waals surface area contributed by atoms with Crippen molar-refractivity contribution in [2.24, 2.45) is 0 Å². The molecule has 0 saturated heterocycles. The quantitative estimate of drug-likeness (QED) is 0.873. The first-order chi connectivity index (χ1) is 9.69. The highest BCUT2D eigenvalue weighted by Gasteiger charge is 2.02. The van der Waals surface area contributed by atoms with Crippen molar-refractivity contribution in [1.29, 1.82) is 0 Å². The van der Waals surface area contributed by atoms with E-state index in [0.29, 0.717) is 24.3 Å². The molecule has 0 aliphatic heterocycles. The molecule has 2 aromatic rings. The molecule has 0 saturated carbocycles. The monoisotopic (exact) mass is 290 g/mol. The number of benzene rings is 1. The Balaban J connectivity index is 1.94. The maximum absolute atomic E-state index is 13.1. The van der Waals surface area contributed by atoms with Gasteiger partial charge in [-0.2, -0.15) is 0 Å². The van der Waals surface area contributed by atoms with Gasteiger partial charge in [-0.15, -0.1) is 11.3 Å². The van der Waals surface area contributed by atoms with Crippen molar-refractivity contribution < 1.29 is 14.2 Å².